The number of sulfonamides is 1. The summed E-state index contributed by atoms with van der Waals surface area (Å²) >= 11 is 0. The van der Waals surface area contributed by atoms with Gasteiger partial charge in [0.05, 0.1) is 18.8 Å². The molecule has 150 valence electrons. The molecule has 0 radical (unpaired) electrons. The first-order chi connectivity index (χ1) is 13.9. The van der Waals surface area contributed by atoms with E-state index < -0.39 is 26.7 Å². The first-order valence-electron chi connectivity index (χ1n) is 9.03. The molecule has 0 unspecified atom stereocenters. The molecule has 6 nitrogen and oxygen atoms in total. The topological polar surface area (TPSA) is 72.9 Å². The van der Waals surface area contributed by atoms with E-state index in [1.165, 1.54) is 6.07 Å². The monoisotopic (exact) mass is 415 g/mol. The van der Waals surface area contributed by atoms with Gasteiger partial charge in [0, 0.05) is 13.1 Å². The van der Waals surface area contributed by atoms with Crippen LogP contribution in [0.2, 0.25) is 0 Å². The van der Waals surface area contributed by atoms with Gasteiger partial charge in [0.25, 0.3) is 0 Å². The van der Waals surface area contributed by atoms with Crippen molar-refractivity contribution in [3.05, 3.63) is 72.0 Å². The van der Waals surface area contributed by atoms with Gasteiger partial charge in [-0.15, -0.1) is 0 Å². The van der Waals surface area contributed by atoms with Gasteiger partial charge in [0.1, 0.15) is 16.5 Å². The fourth-order valence-corrected chi connectivity index (χ4v) is 4.65. The van der Waals surface area contributed by atoms with Crippen LogP contribution in [0.4, 0.5) is 4.39 Å². The highest BCUT2D eigenvalue weighted by Gasteiger charge is 2.30. The van der Waals surface area contributed by atoms with Crippen molar-refractivity contribution in [2.75, 3.05) is 26.3 Å². The van der Waals surface area contributed by atoms with Gasteiger partial charge in [-0.3, -0.25) is 0 Å². The number of hydrogen-bond acceptors (Lipinski definition) is 5. The Labute approximate surface area is 167 Å². The van der Waals surface area contributed by atoms with Crippen LogP contribution >= 0.6 is 0 Å². The number of rotatable bonds is 4. The zero-order chi connectivity index (χ0) is 20.4. The summed E-state index contributed by atoms with van der Waals surface area (Å²) in [6, 6.07) is 16.0. The lowest BCUT2D eigenvalue weighted by Gasteiger charge is -2.26. The molecule has 0 amide bonds. The number of hydrogen-bond donors (Lipinski definition) is 0. The average Bonchev–Trinajstić information content (AvgIpc) is 2.74. The Bertz CT molecular complexity index is 1170. The Balaban J connectivity index is 1.61. The second kappa shape index (κ2) is 7.90. The zero-order valence-electron chi connectivity index (χ0n) is 15.4. The molecule has 29 heavy (non-hydrogen) atoms. The van der Waals surface area contributed by atoms with Crippen LogP contribution in [-0.2, 0) is 14.8 Å². The molecular formula is C21H18FNO5S. The van der Waals surface area contributed by atoms with Crippen molar-refractivity contribution in [1.82, 2.24) is 4.31 Å². The number of morpholine rings is 1. The molecule has 0 N–H and O–H groups in total. The predicted octanol–water partition coefficient (Wildman–Crippen LogP) is 3.22. The van der Waals surface area contributed by atoms with E-state index in [4.69, 9.17) is 9.47 Å². The maximum Gasteiger partial charge on any atom is 0.343 e. The molecule has 1 aliphatic rings. The molecule has 0 aromatic heterocycles. The van der Waals surface area contributed by atoms with E-state index in [0.717, 1.165) is 27.2 Å². The van der Waals surface area contributed by atoms with Gasteiger partial charge >= 0.3 is 5.97 Å². The summed E-state index contributed by atoms with van der Waals surface area (Å²) in [5, 5.41) is 1.89. The highest BCUT2D eigenvalue weighted by Crippen LogP contribution is 2.24. The minimum atomic E-state index is -4.08. The fraction of sp³-hybridized carbons (Fsp3) is 0.190. The lowest BCUT2D eigenvalue weighted by molar-refractivity contribution is 0.0726. The highest BCUT2D eigenvalue weighted by atomic mass is 32.2. The van der Waals surface area contributed by atoms with Gasteiger partial charge in [-0.05, 0) is 41.1 Å². The average molecular weight is 415 g/mol. The fourth-order valence-electron chi connectivity index (χ4n) is 3.15. The first kappa shape index (κ1) is 19.5. The third-order valence-electron chi connectivity index (χ3n) is 4.69. The number of ether oxygens (including phenoxy) is 2. The zero-order valence-corrected chi connectivity index (χ0v) is 16.2. The van der Waals surface area contributed by atoms with Crippen LogP contribution in [0.3, 0.4) is 0 Å². The SMILES string of the molecule is O=C(Oc1ccc2ccccc2c1)c1ccc(F)c(S(=O)(=O)N2CCOCC2)c1. The Kier molecular flexibility index (Phi) is 5.31. The lowest BCUT2D eigenvalue weighted by Crippen LogP contribution is -2.41. The van der Waals surface area contributed by atoms with Crippen LogP contribution in [0, 0.1) is 5.82 Å². The van der Waals surface area contributed by atoms with Crippen molar-refractivity contribution < 1.29 is 27.1 Å². The highest BCUT2D eigenvalue weighted by molar-refractivity contribution is 7.89. The molecule has 4 rings (SSSR count). The van der Waals surface area contributed by atoms with E-state index in [2.05, 4.69) is 0 Å². The summed E-state index contributed by atoms with van der Waals surface area (Å²) < 4.78 is 51.5. The van der Waals surface area contributed by atoms with Gasteiger partial charge in [-0.1, -0.05) is 30.3 Å². The molecule has 3 aromatic rings. The molecule has 0 aliphatic carbocycles. The Morgan fingerprint density at radius 3 is 2.45 bits per heavy atom. The van der Waals surface area contributed by atoms with Crippen LogP contribution in [0.25, 0.3) is 10.8 Å². The van der Waals surface area contributed by atoms with E-state index in [9.17, 15) is 17.6 Å². The number of nitrogens with zero attached hydrogens (tertiary/aromatic N) is 1. The summed E-state index contributed by atoms with van der Waals surface area (Å²) in [6.45, 7) is 0.746. The Hall–Kier alpha value is -2.81. The predicted molar refractivity (Wildman–Crippen MR) is 105 cm³/mol. The second-order valence-electron chi connectivity index (χ2n) is 6.56. The minimum Gasteiger partial charge on any atom is -0.423 e. The molecule has 1 heterocycles. The first-order valence-corrected chi connectivity index (χ1v) is 10.5. The number of esters is 1. The number of carbonyl (C=O) groups excluding carboxylic acids is 1. The van der Waals surface area contributed by atoms with Gasteiger partial charge < -0.3 is 9.47 Å². The van der Waals surface area contributed by atoms with Gasteiger partial charge in [0.2, 0.25) is 10.0 Å². The van der Waals surface area contributed by atoms with Gasteiger partial charge in [0.15, 0.2) is 0 Å². The van der Waals surface area contributed by atoms with Crippen LogP contribution < -0.4 is 4.74 Å². The van der Waals surface area contributed by atoms with Crippen molar-refractivity contribution in [2.45, 2.75) is 4.90 Å². The third kappa shape index (κ3) is 4.00. The molecule has 0 atom stereocenters. The van der Waals surface area contributed by atoms with Crippen LogP contribution in [0.1, 0.15) is 10.4 Å². The van der Waals surface area contributed by atoms with E-state index in [1.54, 1.807) is 12.1 Å². The number of halogens is 1. The van der Waals surface area contributed by atoms with Crippen LogP contribution in [-0.4, -0.2) is 45.0 Å². The maximum absolute atomic E-state index is 14.3. The number of fused-ring (bicyclic) bond motifs is 1. The summed E-state index contributed by atoms with van der Waals surface area (Å²) in [5.41, 5.74) is -0.0496. The molecule has 8 heteroatoms. The normalized spacial score (nSPS) is 15.3. The summed E-state index contributed by atoms with van der Waals surface area (Å²) in [4.78, 5) is 12.0. The third-order valence-corrected chi connectivity index (χ3v) is 6.60. The largest absolute Gasteiger partial charge is 0.423 e. The van der Waals surface area contributed by atoms with Crippen molar-refractivity contribution in [2.24, 2.45) is 0 Å². The maximum atomic E-state index is 14.3. The Morgan fingerprint density at radius 2 is 1.69 bits per heavy atom. The molecule has 0 spiro atoms. The summed E-state index contributed by atoms with van der Waals surface area (Å²) in [6.07, 6.45) is 0. The molecule has 0 bridgehead atoms. The Morgan fingerprint density at radius 1 is 0.966 bits per heavy atom. The molecule has 1 fully saturated rings. The van der Waals surface area contributed by atoms with Crippen LogP contribution in [0.5, 0.6) is 5.75 Å². The molecule has 0 saturated carbocycles. The van der Waals surface area contributed by atoms with Crippen LogP contribution in [0.15, 0.2) is 65.6 Å². The van der Waals surface area contributed by atoms with E-state index in [0.29, 0.717) is 5.75 Å². The summed E-state index contributed by atoms with van der Waals surface area (Å²) in [7, 11) is -4.08. The molecule has 1 aliphatic heterocycles. The quantitative estimate of drug-likeness (QED) is 0.483. The lowest BCUT2D eigenvalue weighted by atomic mass is 10.1. The van der Waals surface area contributed by atoms with Crippen molar-refractivity contribution in [1.29, 1.82) is 0 Å². The molecular weight excluding hydrogens is 397 g/mol. The molecule has 1 saturated heterocycles. The standard InChI is InChI=1S/C21H18FNO5S/c22-19-8-6-17(14-20(19)29(25,26)23-9-11-27-12-10-23)21(24)28-18-7-5-15-3-1-2-4-16(15)13-18/h1-8,13-14H,9-12H2. The minimum absolute atomic E-state index is 0.0496. The van der Waals surface area contributed by atoms with Crippen molar-refractivity contribution >= 4 is 26.8 Å². The van der Waals surface area contributed by atoms with E-state index in [1.807, 2.05) is 30.3 Å². The summed E-state index contributed by atoms with van der Waals surface area (Å²) in [5.74, 6) is -1.37. The second-order valence-corrected chi connectivity index (χ2v) is 8.47. The van der Waals surface area contributed by atoms with E-state index >= 15 is 0 Å². The number of carbonyl (C=O) groups is 1. The molecule has 3 aromatic carbocycles. The van der Waals surface area contributed by atoms with Crippen molar-refractivity contribution in [3.8, 4) is 5.75 Å². The van der Waals surface area contributed by atoms with Gasteiger partial charge in [-0.25, -0.2) is 17.6 Å². The van der Waals surface area contributed by atoms with Gasteiger partial charge in [-0.2, -0.15) is 4.31 Å². The van der Waals surface area contributed by atoms with Crippen molar-refractivity contribution in [3.63, 3.8) is 0 Å². The smallest absolute Gasteiger partial charge is 0.343 e. The number of benzene rings is 3. The van der Waals surface area contributed by atoms with E-state index in [-0.39, 0.29) is 31.9 Å².